The van der Waals surface area contributed by atoms with E-state index in [-0.39, 0.29) is 22.2 Å². The van der Waals surface area contributed by atoms with Crippen molar-refractivity contribution in [3.05, 3.63) is 35.0 Å². The van der Waals surface area contributed by atoms with Gasteiger partial charge in [-0.3, -0.25) is 4.79 Å². The lowest BCUT2D eigenvalue weighted by Gasteiger charge is -2.50. The Hall–Kier alpha value is -2.10. The highest BCUT2D eigenvalue weighted by atomic mass is 16.4. The Kier molecular flexibility index (Phi) is 2.47. The van der Waals surface area contributed by atoms with Gasteiger partial charge in [0.15, 0.2) is 5.78 Å². The van der Waals surface area contributed by atoms with Gasteiger partial charge in [0, 0.05) is 16.3 Å². The van der Waals surface area contributed by atoms with Gasteiger partial charge < -0.3 is 10.1 Å². The Balaban J connectivity index is 2.04. The summed E-state index contributed by atoms with van der Waals surface area (Å²) in [6.07, 6.45) is 4.20. The van der Waals surface area contributed by atoms with Gasteiger partial charge >= 0.3 is 5.97 Å². The molecule has 114 valence electrons. The van der Waals surface area contributed by atoms with Crippen LogP contribution in [-0.2, 0) is 5.41 Å². The second-order valence-electron chi connectivity index (χ2n) is 7.46. The SMILES string of the molecule is CC1(C)CC2(CCC2)c2c([nH]c3ccc(C(=O)O)cc23)C1=O. The molecule has 0 unspecified atom stereocenters. The minimum atomic E-state index is -0.929. The number of benzene rings is 1. The van der Waals surface area contributed by atoms with Gasteiger partial charge in [-0.15, -0.1) is 0 Å². The molecule has 1 aromatic heterocycles. The number of carboxylic acid groups (broad SMARTS) is 1. The molecular formula is C18H19NO3. The second-order valence-corrected chi connectivity index (χ2v) is 7.46. The van der Waals surface area contributed by atoms with E-state index >= 15 is 0 Å². The number of carbonyl (C=O) groups excluding carboxylic acids is 1. The Bertz CT molecular complexity index is 824. The number of H-pyrrole nitrogens is 1. The zero-order valence-corrected chi connectivity index (χ0v) is 12.8. The number of rotatable bonds is 1. The van der Waals surface area contributed by atoms with Crippen LogP contribution >= 0.6 is 0 Å². The fourth-order valence-corrected chi connectivity index (χ4v) is 4.43. The molecule has 22 heavy (non-hydrogen) atoms. The molecule has 4 rings (SSSR count). The molecule has 0 saturated heterocycles. The number of Topliss-reactive ketones (excluding diaryl/α,β-unsaturated/α-hetero) is 1. The molecular weight excluding hydrogens is 278 g/mol. The van der Waals surface area contributed by atoms with Gasteiger partial charge in [0.25, 0.3) is 0 Å². The topological polar surface area (TPSA) is 70.2 Å². The molecule has 0 bridgehead atoms. The number of fused-ring (bicyclic) bond motifs is 4. The highest BCUT2D eigenvalue weighted by Crippen LogP contribution is 2.57. The van der Waals surface area contributed by atoms with Gasteiger partial charge in [-0.2, -0.15) is 0 Å². The Morgan fingerprint density at radius 3 is 2.59 bits per heavy atom. The molecule has 1 aromatic carbocycles. The number of nitrogens with one attached hydrogen (secondary N) is 1. The van der Waals surface area contributed by atoms with Crippen LogP contribution in [0.15, 0.2) is 18.2 Å². The number of hydrogen-bond acceptors (Lipinski definition) is 2. The molecule has 0 amide bonds. The number of carbonyl (C=O) groups is 2. The lowest BCUT2D eigenvalue weighted by atomic mass is 9.53. The van der Waals surface area contributed by atoms with E-state index in [1.807, 2.05) is 13.8 Å². The molecule has 2 N–H and O–H groups in total. The molecule has 4 nitrogen and oxygen atoms in total. The molecule has 0 radical (unpaired) electrons. The van der Waals surface area contributed by atoms with Crippen LogP contribution < -0.4 is 0 Å². The van der Waals surface area contributed by atoms with Crippen LogP contribution in [0.2, 0.25) is 0 Å². The summed E-state index contributed by atoms with van der Waals surface area (Å²) in [4.78, 5) is 27.3. The first-order chi connectivity index (χ1) is 10.3. The predicted octanol–water partition coefficient (Wildman–Crippen LogP) is 3.90. The van der Waals surface area contributed by atoms with E-state index in [9.17, 15) is 14.7 Å². The van der Waals surface area contributed by atoms with Crippen LogP contribution in [0.5, 0.6) is 0 Å². The van der Waals surface area contributed by atoms with Crippen molar-refractivity contribution in [2.75, 3.05) is 0 Å². The summed E-state index contributed by atoms with van der Waals surface area (Å²) in [6, 6.07) is 5.10. The molecule has 1 fully saturated rings. The summed E-state index contributed by atoms with van der Waals surface area (Å²) in [5.74, 6) is -0.782. The third kappa shape index (κ3) is 1.58. The van der Waals surface area contributed by atoms with Crippen molar-refractivity contribution in [1.82, 2.24) is 4.98 Å². The first-order valence-corrected chi connectivity index (χ1v) is 7.78. The largest absolute Gasteiger partial charge is 0.478 e. The molecule has 2 aliphatic rings. The standard InChI is InChI=1S/C18H19NO3/c1-17(2)9-18(6-3-7-18)13-11-8-10(16(21)22)4-5-12(11)19-14(13)15(17)20/h4-5,8,19H,3,6-7,9H2,1-2H3,(H,21,22). The summed E-state index contributed by atoms with van der Waals surface area (Å²) in [7, 11) is 0. The van der Waals surface area contributed by atoms with Gasteiger partial charge in [-0.25, -0.2) is 4.79 Å². The van der Waals surface area contributed by atoms with Crippen LogP contribution in [0.1, 0.15) is 65.9 Å². The average Bonchev–Trinajstić information content (AvgIpc) is 2.80. The van der Waals surface area contributed by atoms with E-state index < -0.39 is 5.97 Å². The minimum Gasteiger partial charge on any atom is -0.478 e. The molecule has 1 heterocycles. The molecule has 2 aromatic rings. The van der Waals surface area contributed by atoms with Gasteiger partial charge in [0.2, 0.25) is 0 Å². The van der Waals surface area contributed by atoms with Gasteiger partial charge in [0.05, 0.1) is 11.3 Å². The molecule has 1 spiro atoms. The van der Waals surface area contributed by atoms with Crippen molar-refractivity contribution in [2.24, 2.45) is 5.41 Å². The van der Waals surface area contributed by atoms with E-state index in [1.54, 1.807) is 18.2 Å². The lowest BCUT2D eigenvalue weighted by molar-refractivity contribution is 0.0658. The fourth-order valence-electron chi connectivity index (χ4n) is 4.43. The lowest BCUT2D eigenvalue weighted by Crippen LogP contribution is -2.46. The smallest absolute Gasteiger partial charge is 0.335 e. The summed E-state index contributed by atoms with van der Waals surface area (Å²) >= 11 is 0. The summed E-state index contributed by atoms with van der Waals surface area (Å²) in [5, 5.41) is 10.2. The van der Waals surface area contributed by atoms with E-state index in [1.165, 1.54) is 6.42 Å². The highest BCUT2D eigenvalue weighted by molar-refractivity contribution is 6.08. The third-order valence-corrected chi connectivity index (χ3v) is 5.51. The van der Waals surface area contributed by atoms with E-state index in [0.717, 1.165) is 35.7 Å². The van der Waals surface area contributed by atoms with Crippen LogP contribution in [0.4, 0.5) is 0 Å². The number of aromatic amines is 1. The van der Waals surface area contributed by atoms with Crippen molar-refractivity contribution >= 4 is 22.7 Å². The van der Waals surface area contributed by atoms with Gasteiger partial charge in [-0.05, 0) is 48.4 Å². The average molecular weight is 297 g/mol. The van der Waals surface area contributed by atoms with Gasteiger partial charge in [-0.1, -0.05) is 20.3 Å². The maximum Gasteiger partial charge on any atom is 0.335 e. The first-order valence-electron chi connectivity index (χ1n) is 7.78. The number of hydrogen-bond donors (Lipinski definition) is 2. The maximum atomic E-state index is 12.8. The Labute approximate surface area is 128 Å². The summed E-state index contributed by atoms with van der Waals surface area (Å²) in [6.45, 7) is 4.04. The number of ketones is 1. The van der Waals surface area contributed by atoms with Crippen molar-refractivity contribution < 1.29 is 14.7 Å². The quantitative estimate of drug-likeness (QED) is 0.838. The predicted molar refractivity (Wildman–Crippen MR) is 83.5 cm³/mol. The maximum absolute atomic E-state index is 12.8. The van der Waals surface area contributed by atoms with Crippen LogP contribution in [-0.4, -0.2) is 21.8 Å². The molecule has 0 atom stereocenters. The van der Waals surface area contributed by atoms with E-state index in [4.69, 9.17) is 0 Å². The zero-order chi connectivity index (χ0) is 15.7. The molecule has 1 saturated carbocycles. The Morgan fingerprint density at radius 1 is 1.27 bits per heavy atom. The summed E-state index contributed by atoms with van der Waals surface area (Å²) in [5.41, 5.74) is 2.61. The van der Waals surface area contributed by atoms with Crippen molar-refractivity contribution in [3.8, 4) is 0 Å². The van der Waals surface area contributed by atoms with Crippen molar-refractivity contribution in [1.29, 1.82) is 0 Å². The zero-order valence-electron chi connectivity index (χ0n) is 12.8. The third-order valence-electron chi connectivity index (χ3n) is 5.51. The van der Waals surface area contributed by atoms with E-state index in [0.29, 0.717) is 5.69 Å². The minimum absolute atomic E-state index is 0.0438. The highest BCUT2D eigenvalue weighted by Gasteiger charge is 2.52. The fraction of sp³-hybridized carbons (Fsp3) is 0.444. The molecule has 2 aliphatic carbocycles. The normalized spacial score (nSPS) is 21.6. The van der Waals surface area contributed by atoms with Gasteiger partial charge in [0.1, 0.15) is 0 Å². The van der Waals surface area contributed by atoms with Crippen LogP contribution in [0.25, 0.3) is 10.9 Å². The van der Waals surface area contributed by atoms with Crippen molar-refractivity contribution in [2.45, 2.75) is 44.9 Å². The number of aromatic carboxylic acids is 1. The first kappa shape index (κ1) is 13.6. The number of carboxylic acids is 1. The van der Waals surface area contributed by atoms with E-state index in [2.05, 4.69) is 4.98 Å². The van der Waals surface area contributed by atoms with Crippen LogP contribution in [0.3, 0.4) is 0 Å². The summed E-state index contributed by atoms with van der Waals surface area (Å²) < 4.78 is 0. The monoisotopic (exact) mass is 297 g/mol. The van der Waals surface area contributed by atoms with Crippen LogP contribution in [0, 0.1) is 5.41 Å². The molecule has 0 aliphatic heterocycles. The number of aromatic nitrogens is 1. The second kappa shape index (κ2) is 4.00. The van der Waals surface area contributed by atoms with Crippen molar-refractivity contribution in [3.63, 3.8) is 0 Å². The molecule has 4 heteroatoms. The Morgan fingerprint density at radius 2 is 2.00 bits per heavy atom.